The van der Waals surface area contributed by atoms with Crippen molar-refractivity contribution in [2.24, 2.45) is 4.99 Å². The molecule has 2 aromatic rings. The Morgan fingerprint density at radius 2 is 1.96 bits per heavy atom. The predicted molar refractivity (Wildman–Crippen MR) is 101 cm³/mol. The van der Waals surface area contributed by atoms with E-state index in [9.17, 15) is 9.59 Å². The van der Waals surface area contributed by atoms with E-state index in [0.29, 0.717) is 35.1 Å². The number of nitrogens with zero attached hydrogens (tertiary/aromatic N) is 2. The number of hydrogen-bond donors (Lipinski definition) is 1. The van der Waals surface area contributed by atoms with Gasteiger partial charge in [0.1, 0.15) is 10.6 Å². The summed E-state index contributed by atoms with van der Waals surface area (Å²) in [7, 11) is 0. The Bertz CT molecular complexity index is 838. The Labute approximate surface area is 150 Å². The average Bonchev–Trinajstić information content (AvgIpc) is 2.61. The maximum Gasteiger partial charge on any atom is 0.266 e. The van der Waals surface area contributed by atoms with Gasteiger partial charge in [0.15, 0.2) is 4.80 Å². The molecular weight excluding hydrogens is 338 g/mol. The molecule has 0 radical (unpaired) electrons. The van der Waals surface area contributed by atoms with Gasteiger partial charge in [-0.1, -0.05) is 18.3 Å². The van der Waals surface area contributed by atoms with Crippen molar-refractivity contribution in [3.8, 4) is 5.75 Å². The van der Waals surface area contributed by atoms with Crippen LogP contribution in [0, 0.1) is 0 Å². The highest BCUT2D eigenvalue weighted by Crippen LogP contribution is 2.16. The Hall–Kier alpha value is -2.41. The molecule has 0 fully saturated rings. The third-order valence-electron chi connectivity index (χ3n) is 3.37. The summed E-state index contributed by atoms with van der Waals surface area (Å²) in [5.74, 6) is 0.442. The molecule has 1 aromatic heterocycles. The van der Waals surface area contributed by atoms with Crippen molar-refractivity contribution >= 4 is 22.9 Å². The van der Waals surface area contributed by atoms with E-state index in [1.165, 1.54) is 17.4 Å². The lowest BCUT2D eigenvalue weighted by Gasteiger charge is -2.08. The van der Waals surface area contributed by atoms with Crippen molar-refractivity contribution in [3.05, 3.63) is 50.4 Å². The minimum absolute atomic E-state index is 0.220. The van der Waals surface area contributed by atoms with Crippen molar-refractivity contribution in [2.75, 3.05) is 18.5 Å². The van der Waals surface area contributed by atoms with Gasteiger partial charge in [0.2, 0.25) is 0 Å². The van der Waals surface area contributed by atoms with Gasteiger partial charge in [0.05, 0.1) is 6.61 Å². The third kappa shape index (κ3) is 5.03. The van der Waals surface area contributed by atoms with Crippen LogP contribution in [0.4, 0.5) is 5.69 Å². The number of anilines is 1. The van der Waals surface area contributed by atoms with E-state index in [0.717, 1.165) is 12.2 Å². The highest BCUT2D eigenvalue weighted by atomic mass is 32.1. The molecule has 0 aliphatic heterocycles. The maximum atomic E-state index is 12.5. The fraction of sp³-hybridized carbons (Fsp3) is 0.389. The van der Waals surface area contributed by atoms with E-state index in [-0.39, 0.29) is 11.5 Å². The SMILES string of the molecule is CCCOc1ccc(NC(=O)c2cc(=O)n(CC)c(=NCC)s2)cc1. The molecule has 7 heteroatoms. The van der Waals surface area contributed by atoms with E-state index in [4.69, 9.17) is 4.74 Å². The molecule has 0 atom stereocenters. The quantitative estimate of drug-likeness (QED) is 0.824. The van der Waals surface area contributed by atoms with Crippen molar-refractivity contribution in [1.82, 2.24) is 4.57 Å². The molecule has 1 heterocycles. The smallest absolute Gasteiger partial charge is 0.266 e. The molecular formula is C18H23N3O3S. The van der Waals surface area contributed by atoms with Crippen LogP contribution in [0.25, 0.3) is 0 Å². The molecule has 0 saturated heterocycles. The van der Waals surface area contributed by atoms with E-state index in [2.05, 4.69) is 10.3 Å². The lowest BCUT2D eigenvalue weighted by atomic mass is 10.3. The third-order valence-corrected chi connectivity index (χ3v) is 4.43. The lowest BCUT2D eigenvalue weighted by molar-refractivity contribution is 0.103. The second-order valence-electron chi connectivity index (χ2n) is 5.28. The van der Waals surface area contributed by atoms with E-state index in [1.807, 2.05) is 32.9 Å². The first-order chi connectivity index (χ1) is 12.1. The highest BCUT2D eigenvalue weighted by molar-refractivity contribution is 7.11. The number of nitrogens with one attached hydrogen (secondary N) is 1. The molecule has 2 rings (SSSR count). The molecule has 0 aliphatic carbocycles. The van der Waals surface area contributed by atoms with Crippen LogP contribution in [0.5, 0.6) is 5.75 Å². The molecule has 0 spiro atoms. The number of amides is 1. The molecule has 1 aromatic carbocycles. The first-order valence-electron chi connectivity index (χ1n) is 8.38. The topological polar surface area (TPSA) is 72.7 Å². The fourth-order valence-electron chi connectivity index (χ4n) is 2.17. The molecule has 0 bridgehead atoms. The van der Waals surface area contributed by atoms with E-state index < -0.39 is 0 Å². The standard InChI is InChI=1S/C18H23N3O3S/c1-4-11-24-14-9-7-13(8-10-14)20-17(23)15-12-16(22)21(6-3)18(25-15)19-5-2/h7-10,12H,4-6,11H2,1-3H3,(H,20,23). The van der Waals surface area contributed by atoms with Gasteiger partial charge in [-0.15, -0.1) is 0 Å². The number of hydrogen-bond acceptors (Lipinski definition) is 5. The Kier molecular flexibility index (Phi) is 6.94. The summed E-state index contributed by atoms with van der Waals surface area (Å²) >= 11 is 1.21. The molecule has 0 unspecified atom stereocenters. The van der Waals surface area contributed by atoms with Crippen LogP contribution in [0.1, 0.15) is 36.9 Å². The molecule has 6 nitrogen and oxygen atoms in total. The second kappa shape index (κ2) is 9.17. The number of benzene rings is 1. The van der Waals surface area contributed by atoms with Crippen molar-refractivity contribution < 1.29 is 9.53 Å². The summed E-state index contributed by atoms with van der Waals surface area (Å²) in [4.78, 5) is 29.9. The van der Waals surface area contributed by atoms with Crippen molar-refractivity contribution in [1.29, 1.82) is 0 Å². The predicted octanol–water partition coefficient (Wildman–Crippen LogP) is 2.89. The summed E-state index contributed by atoms with van der Waals surface area (Å²) in [6, 6.07) is 8.52. The van der Waals surface area contributed by atoms with Gasteiger partial charge in [0, 0.05) is 24.8 Å². The van der Waals surface area contributed by atoms with Gasteiger partial charge >= 0.3 is 0 Å². The van der Waals surface area contributed by atoms with Crippen LogP contribution < -0.4 is 20.4 Å². The molecule has 0 aliphatic rings. The van der Waals surface area contributed by atoms with Crippen LogP contribution in [0.3, 0.4) is 0 Å². The van der Waals surface area contributed by atoms with Gasteiger partial charge < -0.3 is 10.1 Å². The summed E-state index contributed by atoms with van der Waals surface area (Å²) in [6.07, 6.45) is 0.939. The summed E-state index contributed by atoms with van der Waals surface area (Å²) in [5, 5.41) is 2.80. The molecule has 1 amide bonds. The van der Waals surface area contributed by atoms with Gasteiger partial charge in [-0.05, 0) is 44.5 Å². The van der Waals surface area contributed by atoms with Gasteiger partial charge in [-0.2, -0.15) is 0 Å². The van der Waals surface area contributed by atoms with E-state index in [1.54, 1.807) is 16.7 Å². The van der Waals surface area contributed by atoms with Gasteiger partial charge in [-0.25, -0.2) is 0 Å². The van der Waals surface area contributed by atoms with E-state index >= 15 is 0 Å². The maximum absolute atomic E-state index is 12.5. The number of aromatic nitrogens is 1. The zero-order valence-electron chi connectivity index (χ0n) is 14.7. The number of rotatable bonds is 7. The van der Waals surface area contributed by atoms with Gasteiger partial charge in [-0.3, -0.25) is 19.1 Å². The first kappa shape index (κ1) is 18.9. The molecule has 134 valence electrons. The van der Waals surface area contributed by atoms with Gasteiger partial charge in [0.25, 0.3) is 11.5 Å². The normalized spacial score (nSPS) is 11.4. The lowest BCUT2D eigenvalue weighted by Crippen LogP contribution is -2.32. The monoisotopic (exact) mass is 361 g/mol. The minimum atomic E-state index is -0.319. The molecule has 0 saturated carbocycles. The summed E-state index contributed by atoms with van der Waals surface area (Å²) in [5.41, 5.74) is 0.427. The van der Waals surface area contributed by atoms with Crippen LogP contribution >= 0.6 is 11.3 Å². The largest absolute Gasteiger partial charge is 0.494 e. The average molecular weight is 361 g/mol. The van der Waals surface area contributed by atoms with Crippen LogP contribution in [-0.4, -0.2) is 23.6 Å². The Morgan fingerprint density at radius 1 is 1.24 bits per heavy atom. The zero-order chi connectivity index (χ0) is 18.2. The summed E-state index contributed by atoms with van der Waals surface area (Å²) in [6.45, 7) is 7.55. The van der Waals surface area contributed by atoms with Crippen molar-refractivity contribution in [3.63, 3.8) is 0 Å². The minimum Gasteiger partial charge on any atom is -0.494 e. The number of carbonyl (C=O) groups excluding carboxylic acids is 1. The highest BCUT2D eigenvalue weighted by Gasteiger charge is 2.11. The molecule has 1 N–H and O–H groups in total. The molecule has 25 heavy (non-hydrogen) atoms. The second-order valence-corrected chi connectivity index (χ2v) is 6.29. The first-order valence-corrected chi connectivity index (χ1v) is 9.20. The number of carbonyl (C=O) groups is 1. The Balaban J connectivity index is 2.21. The van der Waals surface area contributed by atoms with Crippen LogP contribution in [0.15, 0.2) is 40.1 Å². The Morgan fingerprint density at radius 3 is 2.56 bits per heavy atom. The summed E-state index contributed by atoms with van der Waals surface area (Å²) < 4.78 is 7.08. The van der Waals surface area contributed by atoms with Crippen LogP contribution in [0.2, 0.25) is 0 Å². The van der Waals surface area contributed by atoms with Crippen molar-refractivity contribution in [2.45, 2.75) is 33.7 Å². The fourth-order valence-corrected chi connectivity index (χ4v) is 3.19. The number of ether oxygens (including phenoxy) is 1. The zero-order valence-corrected chi connectivity index (χ0v) is 15.6. The van der Waals surface area contributed by atoms with Crippen LogP contribution in [-0.2, 0) is 6.54 Å².